The van der Waals surface area contributed by atoms with Crippen LogP contribution in [0.2, 0.25) is 0 Å². The maximum Gasteiger partial charge on any atom is 0.0970 e. The molecule has 9 heavy (non-hydrogen) atoms. The summed E-state index contributed by atoms with van der Waals surface area (Å²) < 4.78 is 0. The molecule has 0 fully saturated rings. The molecule has 0 bridgehead atoms. The van der Waals surface area contributed by atoms with Gasteiger partial charge in [0.2, 0.25) is 0 Å². The molecule has 0 aliphatic rings. The molecule has 0 saturated heterocycles. The molecule has 0 rings (SSSR count). The fourth-order valence-electron chi connectivity index (χ4n) is 0.576. The van der Waals surface area contributed by atoms with Gasteiger partial charge in [0.25, 0.3) is 0 Å². The summed E-state index contributed by atoms with van der Waals surface area (Å²) in [6.45, 7) is 3.80. The molecule has 0 saturated carbocycles. The monoisotopic (exact) mass is 146 g/mol. The number of likely N-dealkylation sites (N-methyl/N-ethyl adjacent to an activating group) is 1. The Morgan fingerprint density at radius 1 is 1.44 bits per heavy atom. The first-order valence-electron chi connectivity index (χ1n) is 2.86. The average Bonchev–Trinajstić information content (AvgIpc) is 1.62. The van der Waals surface area contributed by atoms with E-state index in [0.717, 1.165) is 4.99 Å². The second-order valence-corrected chi connectivity index (χ2v) is 3.31. The molecule has 0 amide bonds. The van der Waals surface area contributed by atoms with Crippen molar-refractivity contribution in [2.45, 2.75) is 19.4 Å². The third-order valence-electron chi connectivity index (χ3n) is 0.957. The predicted octanol–water partition coefficient (Wildman–Crippen LogP) is 0.613. The Hall–Kier alpha value is -0.150. The van der Waals surface area contributed by atoms with E-state index in [-0.39, 0.29) is 5.54 Å². The Bertz CT molecular complexity index is 113. The van der Waals surface area contributed by atoms with Crippen LogP contribution in [-0.2, 0) is 0 Å². The number of rotatable bonds is 1. The van der Waals surface area contributed by atoms with Crippen molar-refractivity contribution < 1.29 is 0 Å². The number of nitrogens with zero attached hydrogens (tertiary/aromatic N) is 1. The Morgan fingerprint density at radius 3 is 1.78 bits per heavy atom. The van der Waals surface area contributed by atoms with Gasteiger partial charge in [-0.3, -0.25) is 0 Å². The number of nitrogens with two attached hydrogens (primary N) is 1. The van der Waals surface area contributed by atoms with Gasteiger partial charge in [0.15, 0.2) is 0 Å². The zero-order valence-corrected chi connectivity index (χ0v) is 7.25. The third-order valence-corrected chi connectivity index (χ3v) is 1.85. The molecule has 0 aromatic carbocycles. The lowest BCUT2D eigenvalue weighted by Crippen LogP contribution is -2.47. The highest BCUT2D eigenvalue weighted by Gasteiger charge is 2.18. The summed E-state index contributed by atoms with van der Waals surface area (Å²) in [6, 6.07) is 0. The average molecular weight is 146 g/mol. The van der Waals surface area contributed by atoms with Crippen LogP contribution in [0, 0.1) is 0 Å². The number of thiocarbonyl (C=S) groups is 1. The molecule has 3 heteroatoms. The van der Waals surface area contributed by atoms with Gasteiger partial charge in [-0.05, 0) is 13.8 Å². The van der Waals surface area contributed by atoms with Crippen LogP contribution in [-0.4, -0.2) is 29.5 Å². The van der Waals surface area contributed by atoms with Crippen LogP contribution in [0.15, 0.2) is 0 Å². The Morgan fingerprint density at radius 2 is 1.78 bits per heavy atom. The standard InChI is InChI=1S/C6H14N2S/c1-6(2,7)5(9)8(3)4/h7H2,1-4H3. The Kier molecular flexibility index (Phi) is 2.58. The van der Waals surface area contributed by atoms with Crippen LogP contribution in [0.4, 0.5) is 0 Å². The van der Waals surface area contributed by atoms with Crippen molar-refractivity contribution in [3.63, 3.8) is 0 Å². The lowest BCUT2D eigenvalue weighted by molar-refractivity contribution is 0.552. The van der Waals surface area contributed by atoms with Crippen molar-refractivity contribution in [1.82, 2.24) is 4.90 Å². The van der Waals surface area contributed by atoms with Gasteiger partial charge in [-0.2, -0.15) is 0 Å². The van der Waals surface area contributed by atoms with Crippen molar-refractivity contribution in [1.29, 1.82) is 0 Å². The lowest BCUT2D eigenvalue weighted by Gasteiger charge is -2.25. The van der Waals surface area contributed by atoms with Gasteiger partial charge in [-0.25, -0.2) is 0 Å². The minimum absolute atomic E-state index is 0.362. The minimum atomic E-state index is -0.362. The normalized spacial score (nSPS) is 11.2. The molecule has 2 nitrogen and oxygen atoms in total. The van der Waals surface area contributed by atoms with Crippen molar-refractivity contribution in [2.75, 3.05) is 14.1 Å². The van der Waals surface area contributed by atoms with E-state index in [1.165, 1.54) is 0 Å². The van der Waals surface area contributed by atoms with E-state index in [0.29, 0.717) is 0 Å². The van der Waals surface area contributed by atoms with Crippen molar-refractivity contribution >= 4 is 17.2 Å². The smallest absolute Gasteiger partial charge is 0.0970 e. The van der Waals surface area contributed by atoms with E-state index < -0.39 is 0 Å². The van der Waals surface area contributed by atoms with Gasteiger partial charge in [0, 0.05) is 14.1 Å². The summed E-state index contributed by atoms with van der Waals surface area (Å²) in [5.41, 5.74) is 5.33. The summed E-state index contributed by atoms with van der Waals surface area (Å²) in [4.78, 5) is 2.64. The minimum Gasteiger partial charge on any atom is -0.371 e. The maximum absolute atomic E-state index is 5.70. The number of hydrogen-bond acceptors (Lipinski definition) is 2. The van der Waals surface area contributed by atoms with Gasteiger partial charge in [-0.15, -0.1) is 0 Å². The molecule has 0 radical (unpaired) electrons. The van der Waals surface area contributed by atoms with E-state index in [1.807, 2.05) is 32.8 Å². The van der Waals surface area contributed by atoms with Crippen molar-refractivity contribution in [2.24, 2.45) is 5.73 Å². The van der Waals surface area contributed by atoms with Crippen LogP contribution in [0.5, 0.6) is 0 Å². The van der Waals surface area contributed by atoms with Gasteiger partial charge in [0.1, 0.15) is 0 Å². The first-order valence-corrected chi connectivity index (χ1v) is 3.27. The summed E-state index contributed by atoms with van der Waals surface area (Å²) in [6.07, 6.45) is 0. The summed E-state index contributed by atoms with van der Waals surface area (Å²) in [7, 11) is 3.80. The summed E-state index contributed by atoms with van der Waals surface area (Å²) in [5.74, 6) is 0. The quantitative estimate of drug-likeness (QED) is 0.550. The van der Waals surface area contributed by atoms with Gasteiger partial charge in [-0.1, -0.05) is 12.2 Å². The largest absolute Gasteiger partial charge is 0.371 e. The van der Waals surface area contributed by atoms with Crippen LogP contribution < -0.4 is 5.73 Å². The Balaban J connectivity index is 4.06. The molecule has 0 atom stereocenters. The Labute approximate surface area is 62.0 Å². The third kappa shape index (κ3) is 2.77. The number of hydrogen-bond donors (Lipinski definition) is 1. The molecular formula is C6H14N2S. The topological polar surface area (TPSA) is 29.3 Å². The van der Waals surface area contributed by atoms with Crippen LogP contribution in [0.3, 0.4) is 0 Å². The highest BCUT2D eigenvalue weighted by Crippen LogP contribution is 2.02. The van der Waals surface area contributed by atoms with Crippen molar-refractivity contribution in [3.8, 4) is 0 Å². The van der Waals surface area contributed by atoms with E-state index >= 15 is 0 Å². The predicted molar refractivity (Wildman–Crippen MR) is 44.6 cm³/mol. The fraction of sp³-hybridized carbons (Fsp3) is 0.833. The van der Waals surface area contributed by atoms with Crippen LogP contribution in [0.1, 0.15) is 13.8 Å². The second-order valence-electron chi connectivity index (χ2n) is 2.92. The highest BCUT2D eigenvalue weighted by molar-refractivity contribution is 7.80. The van der Waals surface area contributed by atoms with Crippen LogP contribution >= 0.6 is 12.2 Å². The van der Waals surface area contributed by atoms with E-state index in [9.17, 15) is 0 Å². The van der Waals surface area contributed by atoms with Gasteiger partial charge in [0.05, 0.1) is 10.5 Å². The van der Waals surface area contributed by atoms with E-state index in [4.69, 9.17) is 18.0 Å². The molecule has 0 heterocycles. The van der Waals surface area contributed by atoms with E-state index in [1.54, 1.807) is 0 Å². The zero-order valence-electron chi connectivity index (χ0n) is 6.43. The molecule has 0 spiro atoms. The second kappa shape index (κ2) is 2.62. The summed E-state index contributed by atoms with van der Waals surface area (Å²) in [5, 5.41) is 0. The molecule has 0 aromatic rings. The maximum atomic E-state index is 5.70. The molecule has 0 unspecified atom stereocenters. The molecular weight excluding hydrogens is 132 g/mol. The molecule has 2 N–H and O–H groups in total. The highest BCUT2D eigenvalue weighted by atomic mass is 32.1. The molecule has 0 aromatic heterocycles. The fourth-order valence-corrected chi connectivity index (χ4v) is 0.576. The van der Waals surface area contributed by atoms with Crippen molar-refractivity contribution in [3.05, 3.63) is 0 Å². The molecule has 0 aliphatic carbocycles. The lowest BCUT2D eigenvalue weighted by atomic mass is 10.1. The SMILES string of the molecule is CN(C)C(=S)C(C)(C)N. The first kappa shape index (κ1) is 8.85. The zero-order chi connectivity index (χ0) is 7.65. The molecule has 0 aliphatic heterocycles. The molecule has 54 valence electrons. The van der Waals surface area contributed by atoms with E-state index in [2.05, 4.69) is 0 Å². The van der Waals surface area contributed by atoms with Gasteiger partial charge >= 0.3 is 0 Å². The summed E-state index contributed by atoms with van der Waals surface area (Å²) >= 11 is 5.02. The van der Waals surface area contributed by atoms with Gasteiger partial charge < -0.3 is 10.6 Å². The van der Waals surface area contributed by atoms with Crippen LogP contribution in [0.25, 0.3) is 0 Å². The first-order chi connectivity index (χ1) is 3.85.